The number of carbonyl (C=O) groups excluding carboxylic acids is 2. The smallest absolute Gasteiger partial charge is 0.305 e. The molecule has 0 aromatic rings. The third kappa shape index (κ3) is 50.0. The number of amides is 1. The predicted octanol–water partition coefficient (Wildman–Crippen LogP) is 17.7. The number of ether oxygens (including phenoxy) is 1. The Bertz CT molecular complexity index is 955. The summed E-state index contributed by atoms with van der Waals surface area (Å²) in [5, 5.41) is 23.3. The highest BCUT2D eigenvalue weighted by Crippen LogP contribution is 2.17. The molecule has 3 N–H and O–H groups in total. The molecule has 0 saturated heterocycles. The summed E-state index contributed by atoms with van der Waals surface area (Å²) in [6.07, 6.45) is 63.4. The average molecular weight is 905 g/mol. The van der Waals surface area contributed by atoms with E-state index in [9.17, 15) is 19.8 Å². The first kappa shape index (κ1) is 62.6. The van der Waals surface area contributed by atoms with Crippen LogP contribution in [0, 0.1) is 0 Å². The zero-order valence-corrected chi connectivity index (χ0v) is 43.3. The number of hydrogen-bond donors (Lipinski definition) is 3. The highest BCUT2D eigenvalue weighted by atomic mass is 16.5. The Morgan fingerprint density at radius 1 is 0.422 bits per heavy atom. The van der Waals surface area contributed by atoms with Gasteiger partial charge in [0.15, 0.2) is 0 Å². The van der Waals surface area contributed by atoms with Crippen molar-refractivity contribution in [3.63, 3.8) is 0 Å². The molecule has 6 heteroatoms. The fraction of sp³-hybridized carbons (Fsp3) is 0.931. The summed E-state index contributed by atoms with van der Waals surface area (Å²) in [5.41, 5.74) is 0. The van der Waals surface area contributed by atoms with Gasteiger partial charge >= 0.3 is 5.97 Å². The minimum Gasteiger partial charge on any atom is -0.466 e. The van der Waals surface area contributed by atoms with Crippen LogP contribution in [0.1, 0.15) is 322 Å². The summed E-state index contributed by atoms with van der Waals surface area (Å²) >= 11 is 0. The molecule has 0 bridgehead atoms. The van der Waals surface area contributed by atoms with Crippen LogP contribution in [0.15, 0.2) is 12.2 Å². The quantitative estimate of drug-likeness (QED) is 0.0321. The number of carbonyl (C=O) groups is 2. The molecule has 0 saturated carbocycles. The maximum atomic E-state index is 12.5. The summed E-state index contributed by atoms with van der Waals surface area (Å²) in [6.45, 7) is 4.95. The number of aliphatic hydroxyl groups excluding tert-OH is 2. The Kier molecular flexibility index (Phi) is 53.0. The van der Waals surface area contributed by atoms with E-state index in [0.717, 1.165) is 44.9 Å². The monoisotopic (exact) mass is 904 g/mol. The maximum absolute atomic E-state index is 12.5. The van der Waals surface area contributed by atoms with E-state index in [2.05, 4.69) is 31.3 Å². The second-order valence-electron chi connectivity index (χ2n) is 20.0. The molecule has 64 heavy (non-hydrogen) atoms. The van der Waals surface area contributed by atoms with E-state index in [0.29, 0.717) is 25.9 Å². The predicted molar refractivity (Wildman–Crippen MR) is 278 cm³/mol. The average Bonchev–Trinajstić information content (AvgIpc) is 3.29. The number of unbranched alkanes of at least 4 members (excludes halogenated alkanes) is 41. The van der Waals surface area contributed by atoms with E-state index < -0.39 is 12.1 Å². The van der Waals surface area contributed by atoms with Gasteiger partial charge in [-0.1, -0.05) is 270 Å². The molecule has 0 radical (unpaired) electrons. The molecule has 380 valence electrons. The van der Waals surface area contributed by atoms with E-state index >= 15 is 0 Å². The Balaban J connectivity index is 3.41. The molecule has 6 nitrogen and oxygen atoms in total. The summed E-state index contributed by atoms with van der Waals surface area (Å²) in [6, 6.07) is -0.546. The third-order valence-corrected chi connectivity index (χ3v) is 13.6. The van der Waals surface area contributed by atoms with Crippen LogP contribution in [0.25, 0.3) is 0 Å². The molecule has 0 aliphatic rings. The summed E-state index contributed by atoms with van der Waals surface area (Å²) in [5.74, 6) is -0.0435. The highest BCUT2D eigenvalue weighted by Gasteiger charge is 2.20. The minimum absolute atomic E-state index is 0.00354. The van der Waals surface area contributed by atoms with E-state index in [1.807, 2.05) is 0 Å². The van der Waals surface area contributed by atoms with Crippen molar-refractivity contribution in [3.05, 3.63) is 12.2 Å². The van der Waals surface area contributed by atoms with Gasteiger partial charge in [0.25, 0.3) is 0 Å². The Morgan fingerprint density at radius 2 is 0.734 bits per heavy atom. The first-order valence-electron chi connectivity index (χ1n) is 28.9. The molecule has 0 aromatic carbocycles. The molecule has 0 aromatic heterocycles. The lowest BCUT2D eigenvalue weighted by Crippen LogP contribution is -2.45. The normalized spacial score (nSPS) is 12.6. The zero-order valence-electron chi connectivity index (χ0n) is 43.3. The molecule has 0 rings (SSSR count). The molecule has 0 heterocycles. The second kappa shape index (κ2) is 54.2. The SMILES string of the molecule is CCCCCCCCC/C=C\CCCCCCCC(=O)OCCCCCCCCCCCCCCCCCCC(=O)NC(CO)C(O)CCCCCCCCCCCCCCCCC. The van der Waals surface area contributed by atoms with Gasteiger partial charge < -0.3 is 20.3 Å². The van der Waals surface area contributed by atoms with E-state index in [4.69, 9.17) is 4.74 Å². The molecular weight excluding hydrogens is 791 g/mol. The lowest BCUT2D eigenvalue weighted by Gasteiger charge is -2.22. The van der Waals surface area contributed by atoms with E-state index in [-0.39, 0.29) is 18.5 Å². The van der Waals surface area contributed by atoms with Gasteiger partial charge in [0.05, 0.1) is 25.4 Å². The maximum Gasteiger partial charge on any atom is 0.305 e. The van der Waals surface area contributed by atoms with Gasteiger partial charge in [-0.2, -0.15) is 0 Å². The number of aliphatic hydroxyl groups is 2. The molecular formula is C58H113NO5. The fourth-order valence-corrected chi connectivity index (χ4v) is 9.11. The van der Waals surface area contributed by atoms with Gasteiger partial charge in [0.1, 0.15) is 0 Å². The van der Waals surface area contributed by atoms with Gasteiger partial charge in [-0.15, -0.1) is 0 Å². The van der Waals surface area contributed by atoms with Crippen LogP contribution in [0.5, 0.6) is 0 Å². The number of nitrogens with one attached hydrogen (secondary N) is 1. The van der Waals surface area contributed by atoms with Crippen molar-refractivity contribution in [1.82, 2.24) is 5.32 Å². The summed E-state index contributed by atoms with van der Waals surface area (Å²) in [7, 11) is 0. The minimum atomic E-state index is -0.668. The number of allylic oxidation sites excluding steroid dienone is 2. The van der Waals surface area contributed by atoms with Crippen LogP contribution in [-0.4, -0.2) is 47.4 Å². The van der Waals surface area contributed by atoms with Crippen molar-refractivity contribution in [1.29, 1.82) is 0 Å². The van der Waals surface area contributed by atoms with Crippen LogP contribution >= 0.6 is 0 Å². The van der Waals surface area contributed by atoms with Gasteiger partial charge in [-0.25, -0.2) is 0 Å². The second-order valence-corrected chi connectivity index (χ2v) is 20.0. The van der Waals surface area contributed by atoms with Crippen molar-refractivity contribution in [2.75, 3.05) is 13.2 Å². The molecule has 2 atom stereocenters. The topological polar surface area (TPSA) is 95.9 Å². The van der Waals surface area contributed by atoms with Crippen molar-refractivity contribution in [2.24, 2.45) is 0 Å². The number of esters is 1. The van der Waals surface area contributed by atoms with Crippen LogP contribution < -0.4 is 5.32 Å². The van der Waals surface area contributed by atoms with Crippen molar-refractivity contribution < 1.29 is 24.5 Å². The van der Waals surface area contributed by atoms with Gasteiger partial charge in [-0.3, -0.25) is 9.59 Å². The lowest BCUT2D eigenvalue weighted by molar-refractivity contribution is -0.143. The molecule has 0 aliphatic heterocycles. The zero-order chi connectivity index (χ0) is 46.5. The van der Waals surface area contributed by atoms with Crippen molar-refractivity contribution in [2.45, 2.75) is 334 Å². The number of rotatable bonds is 54. The molecule has 2 unspecified atom stereocenters. The van der Waals surface area contributed by atoms with Gasteiger partial charge in [0.2, 0.25) is 5.91 Å². The van der Waals surface area contributed by atoms with Crippen molar-refractivity contribution in [3.8, 4) is 0 Å². The fourth-order valence-electron chi connectivity index (χ4n) is 9.11. The first-order chi connectivity index (χ1) is 31.5. The van der Waals surface area contributed by atoms with E-state index in [1.165, 1.54) is 244 Å². The lowest BCUT2D eigenvalue weighted by atomic mass is 10.0. The van der Waals surface area contributed by atoms with Crippen LogP contribution in [0.2, 0.25) is 0 Å². The standard InChI is InChI=1S/C58H113NO5/c1-3-5-7-9-11-13-15-17-19-24-28-32-36-40-44-48-52-58(63)64-53-49-45-41-37-33-29-25-21-20-23-27-31-35-39-43-47-51-57(62)59-55(54-60)56(61)50-46-42-38-34-30-26-22-18-16-14-12-10-8-6-4-2/h19,24,55-56,60-61H,3-18,20-23,25-54H2,1-2H3,(H,59,62)/b24-19-. The Labute approximate surface area is 399 Å². The third-order valence-electron chi connectivity index (χ3n) is 13.6. The van der Waals surface area contributed by atoms with Crippen molar-refractivity contribution >= 4 is 11.9 Å². The molecule has 1 amide bonds. The molecule has 0 fully saturated rings. The van der Waals surface area contributed by atoms with E-state index in [1.54, 1.807) is 0 Å². The number of hydrogen-bond acceptors (Lipinski definition) is 5. The Hall–Kier alpha value is -1.40. The summed E-state index contributed by atoms with van der Waals surface area (Å²) < 4.78 is 5.48. The summed E-state index contributed by atoms with van der Waals surface area (Å²) in [4.78, 5) is 24.5. The highest BCUT2D eigenvalue weighted by molar-refractivity contribution is 5.76. The Morgan fingerprint density at radius 3 is 1.11 bits per heavy atom. The van der Waals surface area contributed by atoms with Crippen LogP contribution in [0.3, 0.4) is 0 Å². The molecule has 0 spiro atoms. The largest absolute Gasteiger partial charge is 0.466 e. The first-order valence-corrected chi connectivity index (χ1v) is 28.9. The van der Waals surface area contributed by atoms with Crippen LogP contribution in [0.4, 0.5) is 0 Å². The molecule has 0 aliphatic carbocycles. The van der Waals surface area contributed by atoms with Gasteiger partial charge in [-0.05, 0) is 51.4 Å². The van der Waals surface area contributed by atoms with Gasteiger partial charge in [0, 0.05) is 12.8 Å². The van der Waals surface area contributed by atoms with Crippen LogP contribution in [-0.2, 0) is 14.3 Å².